The van der Waals surface area contributed by atoms with Crippen LogP contribution < -0.4 is 10.9 Å². The van der Waals surface area contributed by atoms with Crippen LogP contribution in [-0.2, 0) is 19.9 Å². The molecule has 0 unspecified atom stereocenters. The summed E-state index contributed by atoms with van der Waals surface area (Å²) in [6.45, 7) is 0. The highest BCUT2D eigenvalue weighted by molar-refractivity contribution is 9.11. The van der Waals surface area contributed by atoms with Crippen molar-refractivity contribution >= 4 is 80.6 Å². The Hall–Kier alpha value is -1.33. The third kappa shape index (κ3) is 7.32. The molecule has 0 spiro atoms. The molecule has 6 nitrogen and oxygen atoms in total. The lowest BCUT2D eigenvalue weighted by molar-refractivity contribution is 0.652. The van der Waals surface area contributed by atoms with Gasteiger partial charge in [-0.25, -0.2) is 20.8 Å². The molecule has 0 atom stereocenters. The van der Waals surface area contributed by atoms with Crippen molar-refractivity contribution in [2.75, 3.05) is 12.1 Å². The van der Waals surface area contributed by atoms with Gasteiger partial charge in [-0.3, -0.25) is 5.01 Å². The quantitative estimate of drug-likeness (QED) is 0.132. The molecule has 10 heteroatoms. The second-order valence-corrected chi connectivity index (χ2v) is 10.7. The van der Waals surface area contributed by atoms with Crippen LogP contribution in [0.3, 0.4) is 0 Å². The molecular weight excluding hydrogens is 680 g/mol. The minimum Gasteiger partial charge on any atom is -0.332 e. The smallest absolute Gasteiger partial charge is 0.143 e. The number of anilines is 1. The number of nitrogens with zero attached hydrogens (tertiary/aromatic N) is 5. The molecule has 0 radical (unpaired) electrons. The van der Waals surface area contributed by atoms with Gasteiger partial charge in [-0.05, 0) is 131 Å². The van der Waals surface area contributed by atoms with E-state index in [0.717, 1.165) is 29.9 Å². The molecule has 4 heterocycles. The van der Waals surface area contributed by atoms with Crippen LogP contribution in [0, 0.1) is 0 Å². The summed E-state index contributed by atoms with van der Waals surface area (Å²) >= 11 is 13.1. The van der Waals surface area contributed by atoms with Gasteiger partial charge in [-0.2, -0.15) is 0 Å². The molecule has 1 aliphatic rings. The zero-order valence-electron chi connectivity index (χ0n) is 18.3. The minimum absolute atomic E-state index is 0.745. The van der Waals surface area contributed by atoms with Gasteiger partial charge in [0, 0.05) is 25.2 Å². The Morgan fingerprint density at radius 3 is 1.91 bits per heavy atom. The van der Waals surface area contributed by atoms with Gasteiger partial charge >= 0.3 is 0 Å². The second kappa shape index (κ2) is 12.4. The molecule has 0 saturated heterocycles. The maximum Gasteiger partial charge on any atom is 0.143 e. The lowest BCUT2D eigenvalue weighted by atomic mass is 9.96. The Kier molecular flexibility index (Phi) is 9.87. The summed E-state index contributed by atoms with van der Waals surface area (Å²) in [6, 6.07) is 15.5. The topological polar surface area (TPSA) is 72.9 Å². The zero-order valence-corrected chi connectivity index (χ0v) is 24.6. The fourth-order valence-electron chi connectivity index (χ4n) is 3.57. The highest BCUT2D eigenvalue weighted by atomic mass is 79.9. The number of hydrogen-bond acceptors (Lipinski definition) is 5. The van der Waals surface area contributed by atoms with Crippen LogP contribution in [0.1, 0.15) is 24.1 Å². The third-order valence-electron chi connectivity index (χ3n) is 5.07. The molecule has 0 saturated carbocycles. The van der Waals surface area contributed by atoms with E-state index in [-0.39, 0.29) is 0 Å². The van der Waals surface area contributed by atoms with Crippen molar-refractivity contribution in [2.45, 2.75) is 25.7 Å². The maximum absolute atomic E-state index is 5.43. The van der Waals surface area contributed by atoms with Crippen molar-refractivity contribution < 1.29 is 0 Å². The average molecular weight is 704 g/mol. The number of halogens is 4. The van der Waals surface area contributed by atoms with E-state index in [0.29, 0.717) is 0 Å². The summed E-state index contributed by atoms with van der Waals surface area (Å²) in [5, 5.41) is 2.81. The molecule has 5 rings (SSSR count). The van der Waals surface area contributed by atoms with Gasteiger partial charge < -0.3 is 4.57 Å². The molecular formula is C23H24Br4N6. The van der Waals surface area contributed by atoms with Gasteiger partial charge in [0.15, 0.2) is 0 Å². The van der Waals surface area contributed by atoms with Gasteiger partial charge in [0.1, 0.15) is 29.9 Å². The third-order valence-corrected chi connectivity index (χ3v) is 6.84. The van der Waals surface area contributed by atoms with E-state index in [2.05, 4.69) is 96.4 Å². The van der Waals surface area contributed by atoms with Crippen LogP contribution in [0.2, 0.25) is 0 Å². The summed E-state index contributed by atoms with van der Waals surface area (Å²) in [4.78, 5) is 12.7. The highest BCUT2D eigenvalue weighted by Gasteiger charge is 2.18. The SMILES string of the molecule is Brc1cccc(Br)n1.CN(N)c1cccc(Br)n1.Cn1c2c(c3ccc(Br)nc31)CCCC2. The van der Waals surface area contributed by atoms with Crippen molar-refractivity contribution in [3.05, 3.63) is 78.2 Å². The summed E-state index contributed by atoms with van der Waals surface area (Å²) in [7, 11) is 3.88. The van der Waals surface area contributed by atoms with Gasteiger partial charge in [-0.15, -0.1) is 0 Å². The zero-order chi connectivity index (χ0) is 24.0. The maximum atomic E-state index is 5.43. The van der Waals surface area contributed by atoms with Crippen molar-refractivity contribution in [3.8, 4) is 0 Å². The molecule has 0 aliphatic heterocycles. The highest BCUT2D eigenvalue weighted by Crippen LogP contribution is 2.31. The fourth-order valence-corrected chi connectivity index (χ4v) is 5.13. The summed E-state index contributed by atoms with van der Waals surface area (Å²) in [5.74, 6) is 6.18. The predicted molar refractivity (Wildman–Crippen MR) is 149 cm³/mol. The van der Waals surface area contributed by atoms with E-state index in [1.165, 1.54) is 47.3 Å². The standard InChI is InChI=1S/C12H13BrN2.C6H8BrN3.C5H3Br2N/c1-15-10-5-3-2-4-8(10)9-6-7-11(13)14-12(9)15;1-10(8)6-4-2-3-5(7)9-6;6-4-2-1-3-5(7)8-4/h6-7H,2-5H2,1H3;2-4H,8H2,1H3;1-3H. The molecule has 4 aromatic heterocycles. The number of aryl methyl sites for hydroxylation is 2. The van der Waals surface area contributed by atoms with Crippen LogP contribution in [0.5, 0.6) is 0 Å². The molecule has 0 amide bonds. The van der Waals surface area contributed by atoms with E-state index < -0.39 is 0 Å². The average Bonchev–Trinajstić information content (AvgIpc) is 3.06. The lowest BCUT2D eigenvalue weighted by Crippen LogP contribution is -2.25. The molecule has 2 N–H and O–H groups in total. The summed E-state index contributed by atoms with van der Waals surface area (Å²) in [6.07, 6.45) is 5.07. The first kappa shape index (κ1) is 26.3. The van der Waals surface area contributed by atoms with Crippen molar-refractivity contribution in [3.63, 3.8) is 0 Å². The Morgan fingerprint density at radius 1 is 0.788 bits per heavy atom. The largest absolute Gasteiger partial charge is 0.332 e. The number of nitrogens with two attached hydrogens (primary N) is 1. The fraction of sp³-hybridized carbons (Fsp3) is 0.261. The molecule has 174 valence electrons. The van der Waals surface area contributed by atoms with Crippen molar-refractivity contribution in [1.82, 2.24) is 19.5 Å². The lowest BCUT2D eigenvalue weighted by Gasteiger charge is -2.12. The van der Waals surface area contributed by atoms with Gasteiger partial charge in [0.2, 0.25) is 0 Å². The Labute approximate surface area is 227 Å². The van der Waals surface area contributed by atoms with Crippen LogP contribution in [-0.4, -0.2) is 26.6 Å². The minimum atomic E-state index is 0.745. The first-order valence-corrected chi connectivity index (χ1v) is 13.4. The first-order chi connectivity index (χ1) is 15.8. The van der Waals surface area contributed by atoms with Crippen LogP contribution in [0.25, 0.3) is 11.0 Å². The number of fused-ring (bicyclic) bond motifs is 3. The molecule has 0 aromatic carbocycles. The Bertz CT molecular complexity index is 1210. The van der Waals surface area contributed by atoms with E-state index >= 15 is 0 Å². The van der Waals surface area contributed by atoms with E-state index in [4.69, 9.17) is 5.84 Å². The van der Waals surface area contributed by atoms with Crippen molar-refractivity contribution in [2.24, 2.45) is 12.9 Å². The first-order valence-electron chi connectivity index (χ1n) is 10.3. The van der Waals surface area contributed by atoms with Gasteiger partial charge in [0.05, 0.1) is 0 Å². The molecule has 0 bridgehead atoms. The van der Waals surface area contributed by atoms with Crippen LogP contribution >= 0.6 is 63.7 Å². The molecule has 33 heavy (non-hydrogen) atoms. The van der Waals surface area contributed by atoms with Gasteiger partial charge in [-0.1, -0.05) is 12.1 Å². The Morgan fingerprint density at radius 2 is 1.36 bits per heavy atom. The number of aromatic nitrogens is 4. The monoisotopic (exact) mass is 700 g/mol. The van der Waals surface area contributed by atoms with Crippen LogP contribution in [0.4, 0.5) is 5.82 Å². The van der Waals surface area contributed by atoms with Gasteiger partial charge in [0.25, 0.3) is 0 Å². The molecule has 1 aliphatic carbocycles. The Balaban J connectivity index is 0.000000149. The van der Waals surface area contributed by atoms with E-state index in [1.807, 2.05) is 42.5 Å². The molecule has 0 fully saturated rings. The molecule has 4 aromatic rings. The van der Waals surface area contributed by atoms with Crippen LogP contribution in [0.15, 0.2) is 66.9 Å². The van der Waals surface area contributed by atoms with E-state index in [1.54, 1.807) is 7.05 Å². The number of pyridine rings is 3. The van der Waals surface area contributed by atoms with E-state index in [9.17, 15) is 0 Å². The summed E-state index contributed by atoms with van der Waals surface area (Å²) < 4.78 is 5.68. The normalized spacial score (nSPS) is 12.2. The van der Waals surface area contributed by atoms with Crippen molar-refractivity contribution in [1.29, 1.82) is 0 Å². The predicted octanol–water partition coefficient (Wildman–Crippen LogP) is 6.98. The summed E-state index contributed by atoms with van der Waals surface area (Å²) in [5.41, 5.74) is 4.14. The number of hydrazine groups is 1. The number of hydrogen-bond donors (Lipinski definition) is 1. The number of rotatable bonds is 1. The second-order valence-electron chi connectivity index (χ2n) is 7.41.